The van der Waals surface area contributed by atoms with Gasteiger partial charge in [-0.1, -0.05) is 24.3 Å². The van der Waals surface area contributed by atoms with Crippen molar-refractivity contribution >= 4 is 41.0 Å². The highest BCUT2D eigenvalue weighted by Crippen LogP contribution is 2.11. The molecule has 4 amide bonds. The fourth-order valence-corrected chi connectivity index (χ4v) is 3.19. The summed E-state index contributed by atoms with van der Waals surface area (Å²) in [5, 5.41) is 11.1. The second-order valence-electron chi connectivity index (χ2n) is 7.14. The molecule has 0 bridgehead atoms. The standard InChI is InChI=1S/C22H28N4O3S/c1-15(2)24-22(29)26-18-9-7-17(8-10-18)12-23-20(27)13-30-14-21(28)25-19-6-4-5-16(3)11-19/h4-11,15H,12-14H2,1-3H3,(H,23,27)(H,25,28)(H2,24,26,29). The van der Waals surface area contributed by atoms with E-state index in [1.807, 2.05) is 57.2 Å². The number of carbonyl (C=O) groups excluding carboxylic acids is 3. The largest absolute Gasteiger partial charge is 0.351 e. The van der Waals surface area contributed by atoms with Crippen LogP contribution in [-0.2, 0) is 16.1 Å². The van der Waals surface area contributed by atoms with E-state index in [9.17, 15) is 14.4 Å². The highest BCUT2D eigenvalue weighted by atomic mass is 32.2. The van der Waals surface area contributed by atoms with Crippen LogP contribution in [0.3, 0.4) is 0 Å². The minimum absolute atomic E-state index is 0.0611. The van der Waals surface area contributed by atoms with Crippen LogP contribution in [0.2, 0.25) is 0 Å². The Bertz CT molecular complexity index is 869. The van der Waals surface area contributed by atoms with Gasteiger partial charge in [0.15, 0.2) is 0 Å². The van der Waals surface area contributed by atoms with Crippen molar-refractivity contribution in [2.75, 3.05) is 22.1 Å². The number of rotatable bonds is 9. The van der Waals surface area contributed by atoms with E-state index in [2.05, 4.69) is 21.3 Å². The summed E-state index contributed by atoms with van der Waals surface area (Å²) in [7, 11) is 0. The Kier molecular flexibility index (Phi) is 9.21. The summed E-state index contributed by atoms with van der Waals surface area (Å²) in [6.45, 7) is 6.12. The lowest BCUT2D eigenvalue weighted by Crippen LogP contribution is -2.34. The molecule has 0 atom stereocenters. The Balaban J connectivity index is 1.65. The molecule has 0 aliphatic rings. The average Bonchev–Trinajstić information content (AvgIpc) is 2.67. The molecule has 0 radical (unpaired) electrons. The van der Waals surface area contributed by atoms with E-state index in [1.165, 1.54) is 11.8 Å². The molecular weight excluding hydrogens is 400 g/mol. The van der Waals surface area contributed by atoms with Crippen molar-refractivity contribution in [3.8, 4) is 0 Å². The molecule has 0 aliphatic carbocycles. The average molecular weight is 429 g/mol. The van der Waals surface area contributed by atoms with Crippen LogP contribution < -0.4 is 21.3 Å². The van der Waals surface area contributed by atoms with Crippen LogP contribution in [0.5, 0.6) is 0 Å². The quantitative estimate of drug-likeness (QED) is 0.491. The number of thioether (sulfide) groups is 1. The maximum absolute atomic E-state index is 12.0. The van der Waals surface area contributed by atoms with Gasteiger partial charge in [-0.15, -0.1) is 11.8 Å². The molecule has 160 valence electrons. The van der Waals surface area contributed by atoms with E-state index in [-0.39, 0.29) is 35.4 Å². The number of anilines is 2. The predicted molar refractivity (Wildman–Crippen MR) is 123 cm³/mol. The first-order valence-corrected chi connectivity index (χ1v) is 10.8. The number of aryl methyl sites for hydroxylation is 1. The zero-order chi connectivity index (χ0) is 21.9. The maximum Gasteiger partial charge on any atom is 0.319 e. The summed E-state index contributed by atoms with van der Waals surface area (Å²) in [5.74, 6) is 0.140. The number of hydrogen-bond acceptors (Lipinski definition) is 4. The van der Waals surface area contributed by atoms with Crippen molar-refractivity contribution in [3.63, 3.8) is 0 Å². The molecule has 2 aromatic carbocycles. The van der Waals surface area contributed by atoms with E-state index < -0.39 is 0 Å². The van der Waals surface area contributed by atoms with Crippen molar-refractivity contribution < 1.29 is 14.4 Å². The topological polar surface area (TPSA) is 99.3 Å². The van der Waals surface area contributed by atoms with E-state index >= 15 is 0 Å². The summed E-state index contributed by atoms with van der Waals surface area (Å²) < 4.78 is 0. The molecule has 0 unspecified atom stereocenters. The van der Waals surface area contributed by atoms with E-state index in [1.54, 1.807) is 12.1 Å². The number of amides is 4. The van der Waals surface area contributed by atoms with Gasteiger partial charge in [-0.2, -0.15) is 0 Å². The molecule has 30 heavy (non-hydrogen) atoms. The lowest BCUT2D eigenvalue weighted by molar-refractivity contribution is -0.118. The van der Waals surface area contributed by atoms with Gasteiger partial charge in [-0.05, 0) is 56.2 Å². The minimum atomic E-state index is -0.255. The lowest BCUT2D eigenvalue weighted by atomic mass is 10.2. The second-order valence-corrected chi connectivity index (χ2v) is 8.12. The Labute approximate surface area is 181 Å². The summed E-state index contributed by atoms with van der Waals surface area (Å²) in [6.07, 6.45) is 0. The summed E-state index contributed by atoms with van der Waals surface area (Å²) in [5.41, 5.74) is 3.42. The third kappa shape index (κ3) is 9.00. The Morgan fingerprint density at radius 3 is 2.27 bits per heavy atom. The first-order valence-electron chi connectivity index (χ1n) is 9.69. The number of nitrogens with one attached hydrogen (secondary N) is 4. The Hall–Kier alpha value is -3.00. The molecule has 8 heteroatoms. The van der Waals surface area contributed by atoms with Crippen LogP contribution >= 0.6 is 11.8 Å². The van der Waals surface area contributed by atoms with Gasteiger partial charge >= 0.3 is 6.03 Å². The molecule has 0 saturated carbocycles. The van der Waals surface area contributed by atoms with Crippen LogP contribution in [0.4, 0.5) is 16.2 Å². The Morgan fingerprint density at radius 1 is 0.900 bits per heavy atom. The van der Waals surface area contributed by atoms with Crippen LogP contribution in [-0.4, -0.2) is 35.4 Å². The molecule has 0 aliphatic heterocycles. The molecule has 0 fully saturated rings. The first-order chi connectivity index (χ1) is 14.3. The lowest BCUT2D eigenvalue weighted by Gasteiger charge is -2.11. The van der Waals surface area contributed by atoms with Gasteiger partial charge in [-0.25, -0.2) is 4.79 Å². The third-order valence-corrected chi connectivity index (χ3v) is 4.82. The molecule has 7 nitrogen and oxygen atoms in total. The van der Waals surface area contributed by atoms with Gasteiger partial charge in [0.25, 0.3) is 0 Å². The molecule has 0 spiro atoms. The molecule has 0 aromatic heterocycles. The summed E-state index contributed by atoms with van der Waals surface area (Å²) >= 11 is 1.26. The molecule has 0 heterocycles. The van der Waals surface area contributed by atoms with Crippen molar-refractivity contribution in [1.29, 1.82) is 0 Å². The van der Waals surface area contributed by atoms with Crippen LogP contribution in [0.1, 0.15) is 25.0 Å². The summed E-state index contributed by atoms with van der Waals surface area (Å²) in [6, 6.07) is 14.6. The van der Waals surface area contributed by atoms with Crippen LogP contribution in [0.15, 0.2) is 48.5 Å². The monoisotopic (exact) mass is 428 g/mol. The van der Waals surface area contributed by atoms with Gasteiger partial charge in [0, 0.05) is 24.0 Å². The van der Waals surface area contributed by atoms with Gasteiger partial charge in [0.1, 0.15) is 0 Å². The van der Waals surface area contributed by atoms with Crippen molar-refractivity contribution in [2.45, 2.75) is 33.4 Å². The van der Waals surface area contributed by atoms with Crippen molar-refractivity contribution in [1.82, 2.24) is 10.6 Å². The first kappa shape index (κ1) is 23.3. The number of hydrogen-bond donors (Lipinski definition) is 4. The van der Waals surface area contributed by atoms with E-state index in [0.29, 0.717) is 12.2 Å². The third-order valence-electron chi connectivity index (χ3n) is 3.89. The molecular formula is C22H28N4O3S. The zero-order valence-electron chi connectivity index (χ0n) is 17.5. The SMILES string of the molecule is Cc1cccc(NC(=O)CSCC(=O)NCc2ccc(NC(=O)NC(C)C)cc2)c1. The summed E-state index contributed by atoms with van der Waals surface area (Å²) in [4.78, 5) is 35.6. The number of urea groups is 1. The fourth-order valence-electron chi connectivity index (χ4n) is 2.54. The molecule has 2 aromatic rings. The van der Waals surface area contributed by atoms with E-state index in [0.717, 1.165) is 16.8 Å². The van der Waals surface area contributed by atoms with Crippen molar-refractivity contribution in [2.24, 2.45) is 0 Å². The highest BCUT2D eigenvalue weighted by Gasteiger charge is 2.07. The fraction of sp³-hybridized carbons (Fsp3) is 0.318. The smallest absolute Gasteiger partial charge is 0.319 e. The maximum atomic E-state index is 12.0. The second kappa shape index (κ2) is 11.9. The van der Waals surface area contributed by atoms with E-state index in [4.69, 9.17) is 0 Å². The highest BCUT2D eigenvalue weighted by molar-refractivity contribution is 8.00. The van der Waals surface area contributed by atoms with Crippen molar-refractivity contribution in [3.05, 3.63) is 59.7 Å². The minimum Gasteiger partial charge on any atom is -0.351 e. The molecule has 0 saturated heterocycles. The predicted octanol–water partition coefficient (Wildman–Crippen LogP) is 3.51. The van der Waals surface area contributed by atoms with Gasteiger partial charge in [0.2, 0.25) is 11.8 Å². The van der Waals surface area contributed by atoms with Gasteiger partial charge < -0.3 is 21.3 Å². The Morgan fingerprint density at radius 2 is 1.60 bits per heavy atom. The van der Waals surface area contributed by atoms with Crippen LogP contribution in [0.25, 0.3) is 0 Å². The van der Waals surface area contributed by atoms with Gasteiger partial charge in [-0.3, -0.25) is 9.59 Å². The molecule has 4 N–H and O–H groups in total. The van der Waals surface area contributed by atoms with Crippen LogP contribution in [0, 0.1) is 6.92 Å². The number of carbonyl (C=O) groups is 3. The number of benzene rings is 2. The molecule has 2 rings (SSSR count). The normalized spacial score (nSPS) is 10.4. The van der Waals surface area contributed by atoms with Gasteiger partial charge in [0.05, 0.1) is 11.5 Å². The zero-order valence-corrected chi connectivity index (χ0v) is 18.3.